The monoisotopic (exact) mass is 259 g/mol. The van der Waals surface area contributed by atoms with Crippen LogP contribution in [0.1, 0.15) is 23.9 Å². The lowest BCUT2D eigenvalue weighted by Crippen LogP contribution is -2.00. The number of rotatable bonds is 4. The standard InChI is InChI=1S/C15H21N3O/c1-5-11-6-7-14(19-4)12(8-11)15-17-13(9-16)10(2)18(15)3/h6-8H,5,9,16H2,1-4H3. The van der Waals surface area contributed by atoms with E-state index in [9.17, 15) is 0 Å². The van der Waals surface area contributed by atoms with E-state index < -0.39 is 0 Å². The second kappa shape index (κ2) is 5.45. The molecule has 2 rings (SSSR count). The predicted octanol–water partition coefficient (Wildman–Crippen LogP) is 2.43. The van der Waals surface area contributed by atoms with Gasteiger partial charge in [0, 0.05) is 19.3 Å². The Morgan fingerprint density at radius 2 is 2.11 bits per heavy atom. The van der Waals surface area contributed by atoms with E-state index in [-0.39, 0.29) is 0 Å². The molecule has 0 unspecified atom stereocenters. The SMILES string of the molecule is CCc1ccc(OC)c(-c2nc(CN)c(C)n2C)c1. The number of aromatic nitrogens is 2. The Labute approximate surface area is 114 Å². The van der Waals surface area contributed by atoms with Crippen LogP contribution in [0.2, 0.25) is 0 Å². The lowest BCUT2D eigenvalue weighted by atomic mass is 10.1. The van der Waals surface area contributed by atoms with E-state index in [0.717, 1.165) is 34.9 Å². The maximum atomic E-state index is 5.73. The first kappa shape index (κ1) is 13.6. The predicted molar refractivity (Wildman–Crippen MR) is 77.2 cm³/mol. The fourth-order valence-corrected chi connectivity index (χ4v) is 2.22. The Hall–Kier alpha value is -1.81. The fraction of sp³-hybridized carbons (Fsp3) is 0.400. The maximum absolute atomic E-state index is 5.73. The number of nitrogens with two attached hydrogens (primary N) is 1. The summed E-state index contributed by atoms with van der Waals surface area (Å²) >= 11 is 0. The largest absolute Gasteiger partial charge is 0.496 e. The third kappa shape index (κ3) is 2.36. The number of methoxy groups -OCH3 is 1. The van der Waals surface area contributed by atoms with E-state index in [4.69, 9.17) is 10.5 Å². The molecule has 2 N–H and O–H groups in total. The third-order valence-corrected chi connectivity index (χ3v) is 3.59. The minimum Gasteiger partial charge on any atom is -0.496 e. The molecule has 0 fully saturated rings. The summed E-state index contributed by atoms with van der Waals surface area (Å²) in [5.74, 6) is 1.75. The van der Waals surface area contributed by atoms with Gasteiger partial charge in [0.25, 0.3) is 0 Å². The molecule has 4 heteroatoms. The Morgan fingerprint density at radius 1 is 1.37 bits per heavy atom. The topological polar surface area (TPSA) is 53.1 Å². The van der Waals surface area contributed by atoms with Crippen molar-refractivity contribution < 1.29 is 4.74 Å². The van der Waals surface area contributed by atoms with Crippen LogP contribution in [0.4, 0.5) is 0 Å². The number of imidazole rings is 1. The molecular weight excluding hydrogens is 238 g/mol. The number of hydrogen-bond acceptors (Lipinski definition) is 3. The van der Waals surface area contributed by atoms with E-state index in [1.54, 1.807) is 7.11 Å². The highest BCUT2D eigenvalue weighted by Gasteiger charge is 2.15. The molecule has 0 spiro atoms. The van der Waals surface area contributed by atoms with Crippen LogP contribution in [-0.4, -0.2) is 16.7 Å². The molecule has 0 bridgehead atoms. The van der Waals surface area contributed by atoms with Crippen molar-refractivity contribution in [3.8, 4) is 17.1 Å². The normalized spacial score (nSPS) is 10.8. The summed E-state index contributed by atoms with van der Waals surface area (Å²) in [6.07, 6.45) is 0.990. The summed E-state index contributed by atoms with van der Waals surface area (Å²) < 4.78 is 7.52. The molecule has 0 saturated heterocycles. The zero-order valence-corrected chi connectivity index (χ0v) is 12.0. The quantitative estimate of drug-likeness (QED) is 0.917. The summed E-state index contributed by atoms with van der Waals surface area (Å²) in [6.45, 7) is 4.63. The second-order valence-corrected chi connectivity index (χ2v) is 4.62. The Morgan fingerprint density at radius 3 is 2.63 bits per heavy atom. The highest BCUT2D eigenvalue weighted by atomic mass is 16.5. The van der Waals surface area contributed by atoms with Gasteiger partial charge in [-0.1, -0.05) is 13.0 Å². The molecule has 0 aliphatic heterocycles. The van der Waals surface area contributed by atoms with Crippen molar-refractivity contribution in [2.24, 2.45) is 12.8 Å². The molecule has 0 amide bonds. The zero-order chi connectivity index (χ0) is 14.0. The van der Waals surface area contributed by atoms with Crippen LogP contribution in [0, 0.1) is 6.92 Å². The van der Waals surface area contributed by atoms with Gasteiger partial charge >= 0.3 is 0 Å². The van der Waals surface area contributed by atoms with E-state index >= 15 is 0 Å². The first-order valence-electron chi connectivity index (χ1n) is 6.51. The first-order valence-corrected chi connectivity index (χ1v) is 6.51. The van der Waals surface area contributed by atoms with Gasteiger partial charge < -0.3 is 15.0 Å². The highest BCUT2D eigenvalue weighted by Crippen LogP contribution is 2.31. The third-order valence-electron chi connectivity index (χ3n) is 3.59. The molecule has 0 saturated carbocycles. The van der Waals surface area contributed by atoms with Crippen molar-refractivity contribution in [1.29, 1.82) is 0 Å². The molecule has 4 nitrogen and oxygen atoms in total. The fourth-order valence-electron chi connectivity index (χ4n) is 2.22. The van der Waals surface area contributed by atoms with Crippen molar-refractivity contribution in [2.75, 3.05) is 7.11 Å². The molecule has 1 aromatic heterocycles. The molecule has 102 valence electrons. The van der Waals surface area contributed by atoms with Gasteiger partial charge in [-0.05, 0) is 31.0 Å². The average Bonchev–Trinajstić information content (AvgIpc) is 2.74. The van der Waals surface area contributed by atoms with E-state index in [1.165, 1.54) is 5.56 Å². The molecule has 1 aromatic carbocycles. The van der Waals surface area contributed by atoms with Crippen molar-refractivity contribution in [2.45, 2.75) is 26.8 Å². The number of nitrogens with zero attached hydrogens (tertiary/aromatic N) is 2. The second-order valence-electron chi connectivity index (χ2n) is 4.62. The molecule has 0 aliphatic carbocycles. The summed E-state index contributed by atoms with van der Waals surface area (Å²) in [7, 11) is 3.69. The lowest BCUT2D eigenvalue weighted by Gasteiger charge is -2.10. The van der Waals surface area contributed by atoms with Gasteiger partial charge in [0.15, 0.2) is 0 Å². The molecule has 0 atom stereocenters. The van der Waals surface area contributed by atoms with Gasteiger partial charge in [-0.25, -0.2) is 4.98 Å². The van der Waals surface area contributed by atoms with Crippen molar-refractivity contribution in [1.82, 2.24) is 9.55 Å². The highest BCUT2D eigenvalue weighted by molar-refractivity contribution is 5.66. The number of hydrogen-bond donors (Lipinski definition) is 1. The van der Waals surface area contributed by atoms with Crippen molar-refractivity contribution in [3.63, 3.8) is 0 Å². The molecule has 0 radical (unpaired) electrons. The van der Waals surface area contributed by atoms with Crippen LogP contribution < -0.4 is 10.5 Å². The van der Waals surface area contributed by atoms with Crippen LogP contribution in [0.3, 0.4) is 0 Å². The number of benzene rings is 1. The van der Waals surface area contributed by atoms with Gasteiger partial charge in [-0.3, -0.25) is 0 Å². The lowest BCUT2D eigenvalue weighted by molar-refractivity contribution is 0.416. The summed E-state index contributed by atoms with van der Waals surface area (Å²) in [5.41, 5.74) is 10.1. The van der Waals surface area contributed by atoms with Gasteiger partial charge in [0.2, 0.25) is 0 Å². The Balaban J connectivity index is 2.63. The molecule has 2 aromatic rings. The van der Waals surface area contributed by atoms with Crippen LogP contribution in [-0.2, 0) is 20.0 Å². The van der Waals surface area contributed by atoms with E-state index in [0.29, 0.717) is 6.54 Å². The minimum absolute atomic E-state index is 0.454. The minimum atomic E-state index is 0.454. The molecular formula is C15H21N3O. The van der Waals surface area contributed by atoms with Gasteiger partial charge in [-0.15, -0.1) is 0 Å². The maximum Gasteiger partial charge on any atom is 0.144 e. The van der Waals surface area contributed by atoms with Gasteiger partial charge in [-0.2, -0.15) is 0 Å². The van der Waals surface area contributed by atoms with E-state index in [1.807, 2.05) is 20.0 Å². The Kier molecular flexibility index (Phi) is 3.90. The van der Waals surface area contributed by atoms with E-state index in [2.05, 4.69) is 28.6 Å². The van der Waals surface area contributed by atoms with Crippen molar-refractivity contribution in [3.05, 3.63) is 35.2 Å². The Bertz CT molecular complexity index is 587. The van der Waals surface area contributed by atoms with Crippen molar-refractivity contribution >= 4 is 0 Å². The molecule has 0 aliphatic rings. The smallest absolute Gasteiger partial charge is 0.144 e. The zero-order valence-electron chi connectivity index (χ0n) is 12.0. The average molecular weight is 259 g/mol. The first-order chi connectivity index (χ1) is 9.12. The summed E-state index contributed by atoms with van der Waals surface area (Å²) in [5, 5.41) is 0. The van der Waals surface area contributed by atoms with Gasteiger partial charge in [0.1, 0.15) is 11.6 Å². The summed E-state index contributed by atoms with van der Waals surface area (Å²) in [4.78, 5) is 4.64. The van der Waals surface area contributed by atoms with Crippen LogP contribution >= 0.6 is 0 Å². The number of ether oxygens (including phenoxy) is 1. The van der Waals surface area contributed by atoms with Crippen LogP contribution in [0.5, 0.6) is 5.75 Å². The van der Waals surface area contributed by atoms with Crippen LogP contribution in [0.25, 0.3) is 11.4 Å². The summed E-state index contributed by atoms with van der Waals surface area (Å²) in [6, 6.07) is 6.23. The number of aryl methyl sites for hydroxylation is 1. The van der Waals surface area contributed by atoms with Crippen LogP contribution in [0.15, 0.2) is 18.2 Å². The van der Waals surface area contributed by atoms with Gasteiger partial charge in [0.05, 0.1) is 18.4 Å². The molecule has 1 heterocycles. The molecule has 19 heavy (non-hydrogen) atoms.